The third-order valence-corrected chi connectivity index (χ3v) is 2.07. The van der Waals surface area contributed by atoms with E-state index in [2.05, 4.69) is 0 Å². The lowest BCUT2D eigenvalue weighted by atomic mass is 10.1. The monoisotopic (exact) mass is 216 g/mol. The second-order valence-electron chi connectivity index (χ2n) is 3.42. The largest absolute Gasteiger partial charge is 0.394 e. The van der Waals surface area contributed by atoms with Crippen LogP contribution in [0.25, 0.3) is 0 Å². The van der Waals surface area contributed by atoms with E-state index in [0.29, 0.717) is 6.42 Å². The maximum absolute atomic E-state index is 10.6. The fraction of sp³-hybridized carbons (Fsp3) is 0.700. The van der Waals surface area contributed by atoms with Crippen LogP contribution < -0.4 is 0 Å². The summed E-state index contributed by atoms with van der Waals surface area (Å²) in [5.74, 6) is 0.0496. The average molecular weight is 216 g/mol. The molecular formula is C10H16O5. The van der Waals surface area contributed by atoms with Crippen molar-refractivity contribution >= 4 is 5.78 Å². The molecule has 0 saturated heterocycles. The van der Waals surface area contributed by atoms with Crippen LogP contribution in [0.15, 0.2) is 12.2 Å². The van der Waals surface area contributed by atoms with E-state index in [4.69, 9.17) is 14.6 Å². The Morgan fingerprint density at radius 1 is 1.53 bits per heavy atom. The minimum Gasteiger partial charge on any atom is -0.394 e. The highest BCUT2D eigenvalue weighted by molar-refractivity contribution is 5.75. The molecule has 5 heteroatoms. The summed E-state index contributed by atoms with van der Waals surface area (Å²) < 4.78 is 10.4. The number of hydrogen-bond acceptors (Lipinski definition) is 5. The summed E-state index contributed by atoms with van der Waals surface area (Å²) >= 11 is 0. The average Bonchev–Trinajstić information content (AvgIpc) is 2.20. The maximum atomic E-state index is 10.6. The van der Waals surface area contributed by atoms with Gasteiger partial charge in [-0.2, -0.15) is 0 Å². The van der Waals surface area contributed by atoms with E-state index >= 15 is 0 Å². The SMILES string of the molecule is CC(=O)CCO[C@H]1C=C[C@H](O)[C@@H](CO)O1. The van der Waals surface area contributed by atoms with Crippen LogP contribution in [0.5, 0.6) is 0 Å². The molecular weight excluding hydrogens is 200 g/mol. The number of aliphatic hydroxyl groups is 2. The Hall–Kier alpha value is -0.750. The highest BCUT2D eigenvalue weighted by Gasteiger charge is 2.25. The number of hydrogen-bond donors (Lipinski definition) is 2. The molecule has 0 unspecified atom stereocenters. The number of carbonyl (C=O) groups is 1. The molecule has 0 aromatic rings. The second kappa shape index (κ2) is 5.97. The smallest absolute Gasteiger partial charge is 0.177 e. The minimum atomic E-state index is -0.803. The lowest BCUT2D eigenvalue weighted by Gasteiger charge is -2.28. The molecule has 86 valence electrons. The van der Waals surface area contributed by atoms with Gasteiger partial charge in [-0.25, -0.2) is 0 Å². The Labute approximate surface area is 88.3 Å². The topological polar surface area (TPSA) is 76.0 Å². The van der Waals surface area contributed by atoms with Crippen molar-refractivity contribution < 1.29 is 24.5 Å². The highest BCUT2D eigenvalue weighted by atomic mass is 16.7. The Bertz CT molecular complexity index is 238. The zero-order valence-electron chi connectivity index (χ0n) is 8.63. The molecule has 1 rings (SSSR count). The molecule has 0 radical (unpaired) electrons. The van der Waals surface area contributed by atoms with E-state index in [1.165, 1.54) is 13.0 Å². The van der Waals surface area contributed by atoms with E-state index in [9.17, 15) is 9.90 Å². The summed E-state index contributed by atoms with van der Waals surface area (Å²) in [4.78, 5) is 10.6. The van der Waals surface area contributed by atoms with Gasteiger partial charge in [0.2, 0.25) is 0 Å². The van der Waals surface area contributed by atoms with Gasteiger partial charge >= 0.3 is 0 Å². The van der Waals surface area contributed by atoms with E-state index < -0.39 is 18.5 Å². The van der Waals surface area contributed by atoms with Crippen LogP contribution in [0.4, 0.5) is 0 Å². The first kappa shape index (κ1) is 12.3. The molecule has 0 aliphatic carbocycles. The third kappa shape index (κ3) is 4.09. The van der Waals surface area contributed by atoms with Crippen molar-refractivity contribution in [3.05, 3.63) is 12.2 Å². The zero-order valence-corrected chi connectivity index (χ0v) is 8.63. The van der Waals surface area contributed by atoms with Gasteiger partial charge in [-0.1, -0.05) is 6.08 Å². The molecule has 1 aliphatic heterocycles. The van der Waals surface area contributed by atoms with E-state index in [1.54, 1.807) is 6.08 Å². The number of rotatable bonds is 5. The quantitative estimate of drug-likeness (QED) is 0.612. The van der Waals surface area contributed by atoms with Crippen LogP contribution in [0.2, 0.25) is 0 Å². The first-order chi connectivity index (χ1) is 7.13. The third-order valence-electron chi connectivity index (χ3n) is 2.07. The Balaban J connectivity index is 2.31. The molecule has 0 spiro atoms. The van der Waals surface area contributed by atoms with E-state index in [-0.39, 0.29) is 19.0 Å². The zero-order chi connectivity index (χ0) is 11.3. The van der Waals surface area contributed by atoms with Gasteiger partial charge in [0.05, 0.1) is 13.2 Å². The predicted octanol–water partition coefficient (Wildman–Crippen LogP) is -0.384. The van der Waals surface area contributed by atoms with Crippen LogP contribution >= 0.6 is 0 Å². The van der Waals surface area contributed by atoms with Gasteiger partial charge in [-0.3, -0.25) is 4.79 Å². The maximum Gasteiger partial charge on any atom is 0.177 e. The molecule has 0 fully saturated rings. The van der Waals surface area contributed by atoms with Crippen molar-refractivity contribution in [2.75, 3.05) is 13.2 Å². The van der Waals surface area contributed by atoms with Crippen molar-refractivity contribution in [3.63, 3.8) is 0 Å². The summed E-state index contributed by atoms with van der Waals surface area (Å²) in [6, 6.07) is 0. The fourth-order valence-corrected chi connectivity index (χ4v) is 1.19. The molecule has 5 nitrogen and oxygen atoms in total. The lowest BCUT2D eigenvalue weighted by Crippen LogP contribution is -2.38. The minimum absolute atomic E-state index is 0.0496. The lowest BCUT2D eigenvalue weighted by molar-refractivity contribution is -0.180. The van der Waals surface area contributed by atoms with Gasteiger partial charge in [0.15, 0.2) is 6.29 Å². The van der Waals surface area contributed by atoms with Crippen molar-refractivity contribution in [1.82, 2.24) is 0 Å². The molecule has 0 bridgehead atoms. The highest BCUT2D eigenvalue weighted by Crippen LogP contribution is 2.13. The van der Waals surface area contributed by atoms with Gasteiger partial charge in [0.25, 0.3) is 0 Å². The molecule has 0 aromatic heterocycles. The molecule has 0 amide bonds. The molecule has 1 aliphatic rings. The molecule has 3 atom stereocenters. The van der Waals surface area contributed by atoms with Gasteiger partial charge in [0, 0.05) is 6.42 Å². The molecule has 0 saturated carbocycles. The van der Waals surface area contributed by atoms with Crippen molar-refractivity contribution in [3.8, 4) is 0 Å². The summed E-state index contributed by atoms with van der Waals surface area (Å²) in [6.07, 6.45) is 1.37. The Morgan fingerprint density at radius 2 is 2.27 bits per heavy atom. The van der Waals surface area contributed by atoms with E-state index in [0.717, 1.165) is 0 Å². The van der Waals surface area contributed by atoms with Crippen molar-refractivity contribution in [1.29, 1.82) is 0 Å². The first-order valence-electron chi connectivity index (χ1n) is 4.87. The standard InChI is InChI=1S/C10H16O5/c1-7(12)4-5-14-10-3-2-8(13)9(6-11)15-10/h2-3,8-11,13H,4-6H2,1H3/t8-,9+,10+/m0/s1. The fourth-order valence-electron chi connectivity index (χ4n) is 1.19. The van der Waals surface area contributed by atoms with Crippen LogP contribution in [-0.2, 0) is 14.3 Å². The predicted molar refractivity (Wildman–Crippen MR) is 52.1 cm³/mol. The second-order valence-corrected chi connectivity index (χ2v) is 3.42. The molecule has 1 heterocycles. The van der Waals surface area contributed by atoms with Gasteiger partial charge in [0.1, 0.15) is 18.0 Å². The van der Waals surface area contributed by atoms with Crippen molar-refractivity contribution in [2.24, 2.45) is 0 Å². The molecule has 0 aromatic carbocycles. The number of Topliss-reactive ketones (excluding diaryl/α,β-unsaturated/α-hetero) is 1. The Kier molecular flexibility index (Phi) is 4.90. The number of ether oxygens (including phenoxy) is 2. The van der Waals surface area contributed by atoms with Gasteiger partial charge in [-0.05, 0) is 13.0 Å². The van der Waals surface area contributed by atoms with Gasteiger partial charge < -0.3 is 19.7 Å². The summed E-state index contributed by atoms with van der Waals surface area (Å²) in [6.45, 7) is 1.50. The Morgan fingerprint density at radius 3 is 2.87 bits per heavy atom. The van der Waals surface area contributed by atoms with Crippen molar-refractivity contribution in [2.45, 2.75) is 31.8 Å². The number of aliphatic hydroxyl groups excluding tert-OH is 2. The first-order valence-corrected chi connectivity index (χ1v) is 4.87. The summed E-state index contributed by atoms with van der Waals surface area (Å²) in [5, 5.41) is 18.2. The number of ketones is 1. The van der Waals surface area contributed by atoms with Crippen LogP contribution in [0.3, 0.4) is 0 Å². The molecule has 15 heavy (non-hydrogen) atoms. The normalized spacial score (nSPS) is 30.5. The summed E-state index contributed by atoms with van der Waals surface area (Å²) in [7, 11) is 0. The summed E-state index contributed by atoms with van der Waals surface area (Å²) in [5.41, 5.74) is 0. The van der Waals surface area contributed by atoms with E-state index in [1.807, 2.05) is 0 Å². The number of carbonyl (C=O) groups excluding carboxylic acids is 1. The van der Waals surface area contributed by atoms with Crippen LogP contribution in [0, 0.1) is 0 Å². The van der Waals surface area contributed by atoms with Crippen LogP contribution in [0.1, 0.15) is 13.3 Å². The molecule has 2 N–H and O–H groups in total. The van der Waals surface area contributed by atoms with Gasteiger partial charge in [-0.15, -0.1) is 0 Å². The van der Waals surface area contributed by atoms with Crippen LogP contribution in [-0.4, -0.2) is 47.7 Å².